The molecule has 1 aliphatic heterocycles. The molecule has 7 N–H and O–H groups in total. The molecule has 0 radical (unpaired) electrons. The third-order valence-electron chi connectivity index (χ3n) is 6.29. The second kappa shape index (κ2) is 24.9. The molecule has 1 amide bonds. The van der Waals surface area contributed by atoms with Crippen molar-refractivity contribution in [1.29, 1.82) is 0 Å². The van der Waals surface area contributed by atoms with E-state index in [-0.39, 0.29) is 19.4 Å². The number of benzene rings is 2. The van der Waals surface area contributed by atoms with Crippen molar-refractivity contribution in [1.82, 2.24) is 10.2 Å². The average Bonchev–Trinajstić information content (AvgIpc) is 3.03. The molecule has 9 nitrogen and oxygen atoms in total. The predicted octanol–water partition coefficient (Wildman–Crippen LogP) is 3.22. The van der Waals surface area contributed by atoms with Crippen LogP contribution in [0, 0.1) is 5.92 Å². The van der Waals surface area contributed by atoms with E-state index >= 15 is 0 Å². The van der Waals surface area contributed by atoms with Crippen LogP contribution in [0.4, 0.5) is 8.78 Å². The molecule has 3 rings (SSSR count). The lowest BCUT2D eigenvalue weighted by Crippen LogP contribution is -2.39. The van der Waals surface area contributed by atoms with Crippen LogP contribution in [0.3, 0.4) is 0 Å². The van der Waals surface area contributed by atoms with Gasteiger partial charge in [-0.2, -0.15) is 12.6 Å². The number of hydrogen-bond acceptors (Lipinski definition) is 9. The molecule has 1 unspecified atom stereocenters. The van der Waals surface area contributed by atoms with Crippen molar-refractivity contribution < 1.29 is 33.3 Å². The van der Waals surface area contributed by atoms with Crippen LogP contribution in [0.25, 0.3) is 0 Å². The SMILES string of the molecule is CC(CNCCOc1ccc(C(N)=O)cc1)COc1ccc(CCCN2CCC(F)(F)CC2)cc1.CO.CS.NCCO. The van der Waals surface area contributed by atoms with Crippen molar-refractivity contribution in [3.8, 4) is 11.5 Å². The zero-order valence-electron chi connectivity index (χ0n) is 25.8. The van der Waals surface area contributed by atoms with Gasteiger partial charge in [0.1, 0.15) is 18.1 Å². The van der Waals surface area contributed by atoms with E-state index in [1.54, 1.807) is 30.5 Å². The lowest BCUT2D eigenvalue weighted by molar-refractivity contribution is -0.0551. The number of halogens is 2. The van der Waals surface area contributed by atoms with E-state index in [9.17, 15) is 13.6 Å². The molecule has 0 saturated carbocycles. The first-order valence-corrected chi connectivity index (χ1v) is 15.4. The molecule has 0 aromatic heterocycles. The highest BCUT2D eigenvalue weighted by Gasteiger charge is 2.33. The van der Waals surface area contributed by atoms with Gasteiger partial charge in [-0.15, -0.1) is 0 Å². The number of nitrogens with two attached hydrogens (primary N) is 2. The summed E-state index contributed by atoms with van der Waals surface area (Å²) in [5, 5.41) is 18.1. The van der Waals surface area contributed by atoms with Crippen molar-refractivity contribution in [2.45, 2.75) is 38.5 Å². The molecule has 1 heterocycles. The zero-order valence-corrected chi connectivity index (χ0v) is 26.7. The molecule has 2 aromatic carbocycles. The number of carbonyl (C=O) groups is 1. The largest absolute Gasteiger partial charge is 0.493 e. The van der Waals surface area contributed by atoms with Gasteiger partial charge in [0.25, 0.3) is 5.92 Å². The van der Waals surface area contributed by atoms with Crippen molar-refractivity contribution in [3.63, 3.8) is 0 Å². The molecule has 1 saturated heterocycles. The van der Waals surface area contributed by atoms with Gasteiger partial charge in [-0.1, -0.05) is 19.1 Å². The first-order valence-electron chi connectivity index (χ1n) is 14.5. The monoisotopic (exact) mass is 630 g/mol. The summed E-state index contributed by atoms with van der Waals surface area (Å²) in [5.74, 6) is -1.04. The minimum absolute atomic E-state index is 0.0190. The van der Waals surface area contributed by atoms with E-state index in [1.165, 1.54) is 5.56 Å². The molecule has 246 valence electrons. The van der Waals surface area contributed by atoms with Crippen LogP contribution < -0.4 is 26.3 Å². The fourth-order valence-corrected chi connectivity index (χ4v) is 3.97. The molecule has 0 bridgehead atoms. The van der Waals surface area contributed by atoms with Crippen LogP contribution in [0.1, 0.15) is 42.1 Å². The Bertz CT molecular complexity index is 944. The summed E-state index contributed by atoms with van der Waals surface area (Å²) < 4.78 is 38.0. The second-order valence-corrected chi connectivity index (χ2v) is 9.81. The summed E-state index contributed by atoms with van der Waals surface area (Å²) >= 11 is 3.53. The van der Waals surface area contributed by atoms with Gasteiger partial charge in [-0.05, 0) is 67.6 Å². The fourth-order valence-electron chi connectivity index (χ4n) is 3.97. The number of aryl methyl sites for hydroxylation is 1. The fraction of sp³-hybridized carbons (Fsp3) is 0.581. The number of nitrogens with one attached hydrogen (secondary N) is 1. The van der Waals surface area contributed by atoms with E-state index < -0.39 is 11.8 Å². The van der Waals surface area contributed by atoms with Gasteiger partial charge in [0.15, 0.2) is 0 Å². The van der Waals surface area contributed by atoms with Gasteiger partial charge in [-0.3, -0.25) is 4.79 Å². The second-order valence-electron chi connectivity index (χ2n) is 9.81. The van der Waals surface area contributed by atoms with Crippen LogP contribution in [0.15, 0.2) is 48.5 Å². The summed E-state index contributed by atoms with van der Waals surface area (Å²) in [6.45, 7) is 7.10. The summed E-state index contributed by atoms with van der Waals surface area (Å²) in [4.78, 5) is 13.2. The number of ether oxygens (including phenoxy) is 2. The van der Waals surface area contributed by atoms with Crippen molar-refractivity contribution in [3.05, 3.63) is 59.7 Å². The topological polar surface area (TPSA) is 143 Å². The number of amides is 1. The Balaban J connectivity index is 0.00000200. The van der Waals surface area contributed by atoms with Gasteiger partial charge in [0, 0.05) is 64.2 Å². The Hall–Kier alpha value is -2.48. The Morgan fingerprint density at radius 1 is 1.05 bits per heavy atom. The zero-order chi connectivity index (χ0) is 32.5. The van der Waals surface area contributed by atoms with E-state index in [0.29, 0.717) is 56.6 Å². The van der Waals surface area contributed by atoms with Gasteiger partial charge < -0.3 is 41.4 Å². The number of piperidine rings is 1. The van der Waals surface area contributed by atoms with E-state index in [2.05, 4.69) is 41.9 Å². The molecule has 0 aliphatic carbocycles. The number of rotatable bonds is 15. The number of carbonyl (C=O) groups excluding carboxylic acids is 1. The summed E-state index contributed by atoms with van der Waals surface area (Å²) in [6.07, 6.45) is 3.56. The molecule has 1 fully saturated rings. The van der Waals surface area contributed by atoms with Crippen molar-refractivity contribution in [2.24, 2.45) is 17.4 Å². The number of nitrogens with zero attached hydrogens (tertiary/aromatic N) is 1. The van der Waals surface area contributed by atoms with Gasteiger partial charge in [-0.25, -0.2) is 8.78 Å². The van der Waals surface area contributed by atoms with Crippen LogP contribution >= 0.6 is 12.6 Å². The maximum atomic E-state index is 13.2. The third kappa shape index (κ3) is 19.4. The van der Waals surface area contributed by atoms with Gasteiger partial charge >= 0.3 is 0 Å². The summed E-state index contributed by atoms with van der Waals surface area (Å²) in [5.41, 5.74) is 11.7. The predicted molar refractivity (Wildman–Crippen MR) is 173 cm³/mol. The highest BCUT2D eigenvalue weighted by atomic mass is 32.1. The number of likely N-dealkylation sites (tertiary alicyclic amines) is 1. The number of aliphatic hydroxyl groups is 2. The maximum Gasteiger partial charge on any atom is 0.250 e. The van der Waals surface area contributed by atoms with Gasteiger partial charge in [0.05, 0.1) is 13.2 Å². The molecule has 0 spiro atoms. The Kier molecular flexibility index (Phi) is 23.5. The Morgan fingerprint density at radius 3 is 2.12 bits per heavy atom. The number of hydrogen-bond donors (Lipinski definition) is 6. The lowest BCUT2D eigenvalue weighted by atomic mass is 10.1. The summed E-state index contributed by atoms with van der Waals surface area (Å²) in [7, 11) is 1.00. The van der Waals surface area contributed by atoms with Gasteiger partial charge in [0.2, 0.25) is 5.91 Å². The quantitative estimate of drug-likeness (QED) is 0.130. The average molecular weight is 631 g/mol. The van der Waals surface area contributed by atoms with E-state index in [1.807, 2.05) is 12.1 Å². The normalized spacial score (nSPS) is 14.4. The number of aliphatic hydroxyl groups excluding tert-OH is 2. The van der Waals surface area contributed by atoms with Crippen LogP contribution in [0.5, 0.6) is 11.5 Å². The van der Waals surface area contributed by atoms with Crippen molar-refractivity contribution >= 4 is 18.5 Å². The van der Waals surface area contributed by atoms with Crippen LogP contribution in [-0.4, -0.2) is 99.4 Å². The smallest absolute Gasteiger partial charge is 0.250 e. The van der Waals surface area contributed by atoms with E-state index in [0.717, 1.165) is 38.8 Å². The highest BCUT2D eigenvalue weighted by molar-refractivity contribution is 7.79. The molecular formula is C31H52F2N4O5S. The van der Waals surface area contributed by atoms with Crippen LogP contribution in [0.2, 0.25) is 0 Å². The first kappa shape index (κ1) is 40.5. The highest BCUT2D eigenvalue weighted by Crippen LogP contribution is 2.27. The first-order chi connectivity index (χ1) is 20.7. The maximum absolute atomic E-state index is 13.2. The molecule has 2 aromatic rings. The van der Waals surface area contributed by atoms with Crippen molar-refractivity contribution in [2.75, 3.05) is 72.5 Å². The lowest BCUT2D eigenvalue weighted by Gasteiger charge is -2.31. The van der Waals surface area contributed by atoms with E-state index in [4.69, 9.17) is 31.2 Å². The molecular weight excluding hydrogens is 578 g/mol. The standard InChI is InChI=1S/C27H37F2N3O3.C2H7NO.CH4O.CH4S/c1-21(19-31-14-18-34-24-10-6-23(7-11-24)26(30)33)20-35-25-8-4-22(5-9-25)3-2-15-32-16-12-27(28,29)13-17-32;3-1-2-4;2*1-2/h4-11,21,31H,2-3,12-20H2,1H3,(H2,30,33);4H,1-3H2;2*2H,1H3. The molecule has 1 atom stereocenters. The summed E-state index contributed by atoms with van der Waals surface area (Å²) in [6, 6.07) is 14.9. The minimum Gasteiger partial charge on any atom is -0.493 e. The Labute approximate surface area is 261 Å². The number of alkyl halides is 2. The molecule has 1 aliphatic rings. The minimum atomic E-state index is -2.48. The molecule has 43 heavy (non-hydrogen) atoms. The third-order valence-corrected chi connectivity index (χ3v) is 6.29. The molecule has 12 heteroatoms. The number of thiol groups is 1. The van der Waals surface area contributed by atoms with Crippen LogP contribution in [-0.2, 0) is 6.42 Å². The number of primary amides is 1. The Morgan fingerprint density at radius 2 is 1.58 bits per heavy atom.